The van der Waals surface area contributed by atoms with Crippen LogP contribution in [0.4, 0.5) is 0 Å². The molecule has 0 spiro atoms. The summed E-state index contributed by atoms with van der Waals surface area (Å²) in [5.41, 5.74) is 6.44. The molecular weight excluding hydrogens is 334 g/mol. The third-order valence-electron chi connectivity index (χ3n) is 4.49. The van der Waals surface area contributed by atoms with Gasteiger partial charge in [-0.3, -0.25) is 4.79 Å². The summed E-state index contributed by atoms with van der Waals surface area (Å²) >= 11 is 0. The minimum Gasteiger partial charge on any atom is -0.454 e. The van der Waals surface area contributed by atoms with E-state index in [1.165, 1.54) is 11.1 Å². The molecule has 0 saturated heterocycles. The van der Waals surface area contributed by atoms with Crippen LogP contribution in [0.15, 0.2) is 65.1 Å². The number of furan rings is 1. The molecule has 0 atom stereocenters. The Kier molecular flexibility index (Phi) is 5.51. The zero-order valence-electron chi connectivity index (χ0n) is 16.1. The predicted molar refractivity (Wildman–Crippen MR) is 111 cm³/mol. The van der Waals surface area contributed by atoms with Gasteiger partial charge in [-0.05, 0) is 42.7 Å². The number of hydrogen-bond donors (Lipinski definition) is 0. The molecule has 4 rings (SSSR count). The minimum atomic E-state index is 0.423. The van der Waals surface area contributed by atoms with E-state index < -0.39 is 0 Å². The van der Waals surface area contributed by atoms with Gasteiger partial charge in [-0.1, -0.05) is 62.4 Å². The second kappa shape index (κ2) is 8.00. The summed E-state index contributed by atoms with van der Waals surface area (Å²) < 4.78 is 6.08. The van der Waals surface area contributed by atoms with Crippen molar-refractivity contribution < 1.29 is 9.21 Å². The minimum absolute atomic E-state index is 0.423. The van der Waals surface area contributed by atoms with Gasteiger partial charge in [0.1, 0.15) is 11.5 Å². The Balaban J connectivity index is 0.00000102. The second-order valence-corrected chi connectivity index (χ2v) is 6.12. The van der Waals surface area contributed by atoms with E-state index in [4.69, 9.17) is 4.42 Å². The maximum Gasteiger partial charge on any atom is 0.168 e. The number of carbonyl (C=O) groups is 1. The summed E-state index contributed by atoms with van der Waals surface area (Å²) in [6, 6.07) is 20.3. The van der Waals surface area contributed by atoms with Gasteiger partial charge in [0.15, 0.2) is 11.9 Å². The highest BCUT2D eigenvalue weighted by atomic mass is 16.3. The third-order valence-corrected chi connectivity index (χ3v) is 4.49. The van der Waals surface area contributed by atoms with E-state index in [-0.39, 0.29) is 0 Å². The highest BCUT2D eigenvalue weighted by Gasteiger charge is 2.14. The van der Waals surface area contributed by atoms with Gasteiger partial charge in [0.2, 0.25) is 0 Å². The molecule has 0 amide bonds. The largest absolute Gasteiger partial charge is 0.454 e. The summed E-state index contributed by atoms with van der Waals surface area (Å²) in [5.74, 6) is 0.790. The highest BCUT2D eigenvalue weighted by molar-refractivity contribution is 5.89. The fraction of sp³-hybridized carbons (Fsp3) is 0.167. The van der Waals surface area contributed by atoms with Crippen LogP contribution in [0.5, 0.6) is 0 Å². The lowest BCUT2D eigenvalue weighted by molar-refractivity contribution is 0.111. The smallest absolute Gasteiger partial charge is 0.168 e. The monoisotopic (exact) mass is 357 g/mol. The first-order chi connectivity index (χ1) is 13.2. The number of benzene rings is 2. The Morgan fingerprint density at radius 1 is 0.889 bits per heavy atom. The highest BCUT2D eigenvalue weighted by Crippen LogP contribution is 2.35. The quantitative estimate of drug-likeness (QED) is 0.387. The number of pyridine rings is 1. The SMILES string of the molecule is CC.Cc1c(-c2ccccc2)cccc1-c1cc2cc(C=O)nc(C)c2o1. The van der Waals surface area contributed by atoms with E-state index in [0.717, 1.165) is 39.8 Å². The van der Waals surface area contributed by atoms with E-state index in [9.17, 15) is 4.79 Å². The molecule has 0 unspecified atom stereocenters. The molecule has 3 nitrogen and oxygen atoms in total. The van der Waals surface area contributed by atoms with E-state index in [1.54, 1.807) is 6.07 Å². The topological polar surface area (TPSA) is 43.1 Å². The Morgan fingerprint density at radius 3 is 2.30 bits per heavy atom. The molecule has 0 aliphatic heterocycles. The number of carbonyl (C=O) groups excluding carboxylic acids is 1. The van der Waals surface area contributed by atoms with Crippen LogP contribution in [0.1, 0.15) is 35.6 Å². The first-order valence-electron chi connectivity index (χ1n) is 9.19. The van der Waals surface area contributed by atoms with Crippen LogP contribution in [0.25, 0.3) is 33.4 Å². The Bertz CT molecular complexity index is 1080. The van der Waals surface area contributed by atoms with Gasteiger partial charge in [-0.25, -0.2) is 4.98 Å². The number of hydrogen-bond acceptors (Lipinski definition) is 3. The van der Waals surface area contributed by atoms with Crippen LogP contribution < -0.4 is 0 Å². The number of nitrogens with zero attached hydrogens (tertiary/aromatic N) is 1. The van der Waals surface area contributed by atoms with Gasteiger partial charge in [-0.15, -0.1) is 0 Å². The van der Waals surface area contributed by atoms with Crippen LogP contribution in [0.2, 0.25) is 0 Å². The average Bonchev–Trinajstić information content (AvgIpc) is 3.15. The van der Waals surface area contributed by atoms with Crippen molar-refractivity contribution in [1.82, 2.24) is 4.98 Å². The molecule has 0 saturated carbocycles. The molecule has 136 valence electrons. The van der Waals surface area contributed by atoms with Crippen molar-refractivity contribution in [2.24, 2.45) is 0 Å². The van der Waals surface area contributed by atoms with Gasteiger partial charge in [0, 0.05) is 10.9 Å². The van der Waals surface area contributed by atoms with Crippen LogP contribution in [-0.2, 0) is 0 Å². The van der Waals surface area contributed by atoms with Gasteiger partial charge in [0.05, 0.1) is 5.69 Å². The van der Waals surface area contributed by atoms with Crippen molar-refractivity contribution in [2.75, 3.05) is 0 Å². The lowest BCUT2D eigenvalue weighted by atomic mass is 9.95. The van der Waals surface area contributed by atoms with Crippen molar-refractivity contribution in [3.63, 3.8) is 0 Å². The molecule has 0 N–H and O–H groups in total. The maximum absolute atomic E-state index is 11.0. The van der Waals surface area contributed by atoms with Crippen molar-refractivity contribution in [3.8, 4) is 22.5 Å². The number of aldehydes is 1. The van der Waals surface area contributed by atoms with Crippen LogP contribution >= 0.6 is 0 Å². The summed E-state index contributed by atoms with van der Waals surface area (Å²) in [7, 11) is 0. The molecule has 27 heavy (non-hydrogen) atoms. The zero-order chi connectivity index (χ0) is 19.4. The fourth-order valence-electron chi connectivity index (χ4n) is 3.26. The van der Waals surface area contributed by atoms with Crippen molar-refractivity contribution in [1.29, 1.82) is 0 Å². The third kappa shape index (κ3) is 3.54. The average molecular weight is 357 g/mol. The summed E-state index contributed by atoms with van der Waals surface area (Å²) in [6.45, 7) is 7.96. The first kappa shape index (κ1) is 18.6. The lowest BCUT2D eigenvalue weighted by Crippen LogP contribution is -1.89. The molecule has 0 radical (unpaired) electrons. The summed E-state index contributed by atoms with van der Waals surface area (Å²) in [6.07, 6.45) is 0.764. The van der Waals surface area contributed by atoms with Gasteiger partial charge in [-0.2, -0.15) is 0 Å². The molecule has 2 heterocycles. The summed E-state index contributed by atoms with van der Waals surface area (Å²) in [5, 5.41) is 0.897. The van der Waals surface area contributed by atoms with Crippen LogP contribution in [0.3, 0.4) is 0 Å². The van der Waals surface area contributed by atoms with Crippen LogP contribution in [-0.4, -0.2) is 11.3 Å². The van der Waals surface area contributed by atoms with Gasteiger partial charge < -0.3 is 4.42 Å². The molecule has 0 bridgehead atoms. The lowest BCUT2D eigenvalue weighted by Gasteiger charge is -2.10. The molecule has 3 heteroatoms. The molecule has 2 aromatic heterocycles. The van der Waals surface area contributed by atoms with Crippen LogP contribution in [0, 0.1) is 13.8 Å². The Labute approximate surface area is 159 Å². The van der Waals surface area contributed by atoms with Gasteiger partial charge >= 0.3 is 0 Å². The molecular formula is C24H23NO2. The van der Waals surface area contributed by atoms with E-state index >= 15 is 0 Å². The van der Waals surface area contributed by atoms with Gasteiger partial charge in [0.25, 0.3) is 0 Å². The second-order valence-electron chi connectivity index (χ2n) is 6.12. The Morgan fingerprint density at radius 2 is 1.59 bits per heavy atom. The first-order valence-corrected chi connectivity index (χ1v) is 9.19. The zero-order valence-corrected chi connectivity index (χ0v) is 16.1. The van der Waals surface area contributed by atoms with E-state index in [0.29, 0.717) is 5.69 Å². The normalized spacial score (nSPS) is 10.4. The van der Waals surface area contributed by atoms with Crippen molar-refractivity contribution in [3.05, 3.63) is 77.6 Å². The van der Waals surface area contributed by atoms with E-state index in [1.807, 2.05) is 51.1 Å². The summed E-state index contributed by atoms with van der Waals surface area (Å²) in [4.78, 5) is 15.3. The molecule has 4 aromatic rings. The number of fused-ring (bicyclic) bond motifs is 1. The van der Waals surface area contributed by atoms with Crippen molar-refractivity contribution >= 4 is 17.3 Å². The fourth-order valence-corrected chi connectivity index (χ4v) is 3.26. The molecule has 2 aromatic carbocycles. The molecule has 0 aliphatic rings. The standard InChI is InChI=1S/C22H17NO2.C2H6/c1-14-19(16-7-4-3-5-8-16)9-6-10-20(14)21-12-17-11-18(13-24)23-15(2)22(17)25-21;1-2/h3-13H,1-2H3;1-2H3. The number of rotatable bonds is 3. The number of aromatic nitrogens is 1. The molecule has 0 aliphatic carbocycles. The molecule has 0 fully saturated rings. The Hall–Kier alpha value is -3.20. The number of aryl methyl sites for hydroxylation is 1. The van der Waals surface area contributed by atoms with E-state index in [2.05, 4.69) is 36.2 Å². The van der Waals surface area contributed by atoms with Crippen molar-refractivity contribution in [2.45, 2.75) is 27.7 Å². The predicted octanol–water partition coefficient (Wildman–Crippen LogP) is 6.62. The maximum atomic E-state index is 11.0.